The zero-order chi connectivity index (χ0) is 13.5. The van der Waals surface area contributed by atoms with Crippen molar-refractivity contribution >= 4 is 11.8 Å². The van der Waals surface area contributed by atoms with Gasteiger partial charge in [-0.1, -0.05) is 0 Å². The molecule has 0 unspecified atom stereocenters. The second-order valence-corrected chi connectivity index (χ2v) is 3.93. The molecule has 5 nitrogen and oxygen atoms in total. The van der Waals surface area contributed by atoms with Crippen LogP contribution in [-0.4, -0.2) is 29.1 Å². The topological polar surface area (TPSA) is 64.1 Å². The molecule has 0 spiro atoms. The predicted octanol–water partition coefficient (Wildman–Crippen LogP) is 2.12. The average Bonchev–Trinajstić information content (AvgIpc) is 2.45. The van der Waals surface area contributed by atoms with E-state index in [0.717, 1.165) is 16.9 Å². The number of ether oxygens (including phenoxy) is 1. The van der Waals surface area contributed by atoms with Gasteiger partial charge in [0, 0.05) is 31.1 Å². The van der Waals surface area contributed by atoms with E-state index in [0.29, 0.717) is 13.2 Å². The first kappa shape index (κ1) is 13.0. The van der Waals surface area contributed by atoms with Crippen LogP contribution in [0.1, 0.15) is 6.92 Å². The van der Waals surface area contributed by atoms with E-state index in [9.17, 15) is 4.79 Å². The molecule has 0 amide bonds. The Kier molecular flexibility index (Phi) is 4.44. The highest BCUT2D eigenvalue weighted by molar-refractivity contribution is 5.66. The fraction of sp³-hybridized carbons (Fsp3) is 0.214. The smallest absolute Gasteiger partial charge is 0.302 e. The Labute approximate surface area is 111 Å². The van der Waals surface area contributed by atoms with Gasteiger partial charge in [0.05, 0.1) is 6.54 Å². The molecule has 0 aliphatic carbocycles. The molecular weight excluding hydrogens is 242 g/mol. The van der Waals surface area contributed by atoms with Crippen molar-refractivity contribution < 1.29 is 9.53 Å². The third-order valence-electron chi connectivity index (χ3n) is 2.49. The minimum Gasteiger partial charge on any atom is -0.464 e. The molecule has 2 rings (SSSR count). The van der Waals surface area contributed by atoms with Crippen molar-refractivity contribution in [2.75, 3.05) is 18.5 Å². The van der Waals surface area contributed by atoms with Crippen LogP contribution < -0.4 is 5.32 Å². The molecule has 5 heteroatoms. The van der Waals surface area contributed by atoms with Gasteiger partial charge in [-0.15, -0.1) is 0 Å². The molecule has 0 aromatic carbocycles. The van der Waals surface area contributed by atoms with Crippen molar-refractivity contribution in [3.05, 3.63) is 42.9 Å². The number of rotatable bonds is 5. The van der Waals surface area contributed by atoms with Crippen LogP contribution in [0.3, 0.4) is 0 Å². The SMILES string of the molecule is CC(=O)OCCNc1ccc(-c2ccncc2)cn1. The summed E-state index contributed by atoms with van der Waals surface area (Å²) in [5.74, 6) is 0.479. The molecule has 0 saturated heterocycles. The molecule has 2 heterocycles. The monoisotopic (exact) mass is 257 g/mol. The summed E-state index contributed by atoms with van der Waals surface area (Å²) < 4.78 is 4.82. The first-order valence-electron chi connectivity index (χ1n) is 5.99. The van der Waals surface area contributed by atoms with Gasteiger partial charge in [0.1, 0.15) is 12.4 Å². The van der Waals surface area contributed by atoms with E-state index in [2.05, 4.69) is 15.3 Å². The van der Waals surface area contributed by atoms with Gasteiger partial charge < -0.3 is 10.1 Å². The van der Waals surface area contributed by atoms with Crippen molar-refractivity contribution in [3.8, 4) is 11.1 Å². The summed E-state index contributed by atoms with van der Waals surface area (Å²) in [6, 6.07) is 7.75. The maximum absolute atomic E-state index is 10.6. The van der Waals surface area contributed by atoms with Crippen LogP contribution in [0.5, 0.6) is 0 Å². The zero-order valence-corrected chi connectivity index (χ0v) is 10.7. The number of nitrogens with zero attached hydrogens (tertiary/aromatic N) is 2. The number of aromatic nitrogens is 2. The molecule has 2 aromatic heterocycles. The summed E-state index contributed by atoms with van der Waals surface area (Å²) in [5.41, 5.74) is 2.11. The maximum Gasteiger partial charge on any atom is 0.302 e. The first-order valence-corrected chi connectivity index (χ1v) is 5.99. The van der Waals surface area contributed by atoms with E-state index in [4.69, 9.17) is 4.74 Å². The first-order chi connectivity index (χ1) is 9.25. The zero-order valence-electron chi connectivity index (χ0n) is 10.7. The second-order valence-electron chi connectivity index (χ2n) is 3.93. The summed E-state index contributed by atoms with van der Waals surface area (Å²) in [6.45, 7) is 2.27. The fourth-order valence-corrected chi connectivity index (χ4v) is 1.59. The van der Waals surface area contributed by atoms with Crippen LogP contribution in [0, 0.1) is 0 Å². The molecule has 0 bridgehead atoms. The lowest BCUT2D eigenvalue weighted by atomic mass is 10.1. The molecule has 98 valence electrons. The number of anilines is 1. The van der Waals surface area contributed by atoms with Gasteiger partial charge in [0.15, 0.2) is 0 Å². The standard InChI is InChI=1S/C14H15N3O2/c1-11(18)19-9-8-16-14-3-2-13(10-17-14)12-4-6-15-7-5-12/h2-7,10H,8-9H2,1H3,(H,16,17). The number of hydrogen-bond donors (Lipinski definition) is 1. The summed E-state index contributed by atoms with van der Waals surface area (Å²) in [6.07, 6.45) is 5.30. The van der Waals surface area contributed by atoms with Crippen LogP contribution in [0.25, 0.3) is 11.1 Å². The van der Waals surface area contributed by atoms with E-state index in [1.807, 2.05) is 24.3 Å². The molecule has 0 aliphatic rings. The summed E-state index contributed by atoms with van der Waals surface area (Å²) >= 11 is 0. The van der Waals surface area contributed by atoms with Crippen molar-refractivity contribution in [3.63, 3.8) is 0 Å². The Balaban J connectivity index is 1.90. The summed E-state index contributed by atoms with van der Waals surface area (Å²) in [7, 11) is 0. The number of pyridine rings is 2. The van der Waals surface area contributed by atoms with Gasteiger partial charge >= 0.3 is 5.97 Å². The van der Waals surface area contributed by atoms with E-state index >= 15 is 0 Å². The quantitative estimate of drug-likeness (QED) is 0.656. The van der Waals surface area contributed by atoms with Gasteiger partial charge in [0.2, 0.25) is 0 Å². The number of esters is 1. The minimum absolute atomic E-state index is 0.275. The third-order valence-corrected chi connectivity index (χ3v) is 2.49. The van der Waals surface area contributed by atoms with Crippen molar-refractivity contribution in [1.29, 1.82) is 0 Å². The molecule has 0 saturated carbocycles. The van der Waals surface area contributed by atoms with E-state index in [1.165, 1.54) is 6.92 Å². The molecule has 0 atom stereocenters. The molecular formula is C14H15N3O2. The Morgan fingerprint density at radius 3 is 2.63 bits per heavy atom. The van der Waals surface area contributed by atoms with E-state index < -0.39 is 0 Å². The van der Waals surface area contributed by atoms with Gasteiger partial charge in [-0.05, 0) is 29.8 Å². The lowest BCUT2D eigenvalue weighted by Gasteiger charge is -2.06. The van der Waals surface area contributed by atoms with Crippen LogP contribution >= 0.6 is 0 Å². The highest BCUT2D eigenvalue weighted by Crippen LogP contribution is 2.18. The minimum atomic E-state index is -0.275. The lowest BCUT2D eigenvalue weighted by molar-refractivity contribution is -0.140. The fourth-order valence-electron chi connectivity index (χ4n) is 1.59. The number of hydrogen-bond acceptors (Lipinski definition) is 5. The van der Waals surface area contributed by atoms with Gasteiger partial charge in [0.25, 0.3) is 0 Å². The Morgan fingerprint density at radius 2 is 2.00 bits per heavy atom. The Morgan fingerprint density at radius 1 is 1.21 bits per heavy atom. The number of nitrogens with one attached hydrogen (secondary N) is 1. The molecule has 19 heavy (non-hydrogen) atoms. The molecule has 2 aromatic rings. The van der Waals surface area contributed by atoms with Gasteiger partial charge in [-0.3, -0.25) is 9.78 Å². The molecule has 0 aliphatic heterocycles. The molecule has 1 N–H and O–H groups in total. The van der Waals surface area contributed by atoms with Crippen LogP contribution in [0.15, 0.2) is 42.9 Å². The maximum atomic E-state index is 10.6. The normalized spacial score (nSPS) is 9.95. The molecule has 0 fully saturated rings. The van der Waals surface area contributed by atoms with E-state index in [-0.39, 0.29) is 5.97 Å². The highest BCUT2D eigenvalue weighted by atomic mass is 16.5. The van der Waals surface area contributed by atoms with E-state index in [1.54, 1.807) is 18.6 Å². The van der Waals surface area contributed by atoms with Gasteiger partial charge in [-0.2, -0.15) is 0 Å². The number of carbonyl (C=O) groups is 1. The lowest BCUT2D eigenvalue weighted by Crippen LogP contribution is -2.12. The predicted molar refractivity (Wildman–Crippen MR) is 72.6 cm³/mol. The Bertz CT molecular complexity index is 526. The van der Waals surface area contributed by atoms with Gasteiger partial charge in [-0.25, -0.2) is 4.98 Å². The van der Waals surface area contributed by atoms with Crippen molar-refractivity contribution in [2.24, 2.45) is 0 Å². The van der Waals surface area contributed by atoms with Crippen LogP contribution in [0.2, 0.25) is 0 Å². The Hall–Kier alpha value is -2.43. The van der Waals surface area contributed by atoms with Crippen molar-refractivity contribution in [1.82, 2.24) is 9.97 Å². The summed E-state index contributed by atoms with van der Waals surface area (Å²) in [5, 5.41) is 3.08. The average molecular weight is 257 g/mol. The largest absolute Gasteiger partial charge is 0.464 e. The number of carbonyl (C=O) groups excluding carboxylic acids is 1. The summed E-state index contributed by atoms with van der Waals surface area (Å²) in [4.78, 5) is 18.9. The second kappa shape index (κ2) is 6.49. The third kappa shape index (κ3) is 4.06. The van der Waals surface area contributed by atoms with Crippen LogP contribution in [0.4, 0.5) is 5.82 Å². The van der Waals surface area contributed by atoms with Crippen LogP contribution in [-0.2, 0) is 9.53 Å². The highest BCUT2D eigenvalue weighted by Gasteiger charge is 1.99. The molecule has 0 radical (unpaired) electrons. The van der Waals surface area contributed by atoms with Crippen molar-refractivity contribution in [2.45, 2.75) is 6.92 Å².